The van der Waals surface area contributed by atoms with Crippen LogP contribution in [0.15, 0.2) is 0 Å². The Kier molecular flexibility index (Phi) is 3.50. The molecule has 3 rings (SSSR count). The molecule has 2 saturated heterocycles. The van der Waals surface area contributed by atoms with Crippen molar-refractivity contribution in [1.29, 1.82) is 0 Å². The SMILES string of the molecule is CCc1c(C2CCCO2)nn(C2CCS(=O)(=O)C2)c1N. The number of hydrogen-bond donors (Lipinski definition) is 1. The third-order valence-corrected chi connectivity index (χ3v) is 5.97. The van der Waals surface area contributed by atoms with Crippen LogP contribution in [0.25, 0.3) is 0 Å². The maximum Gasteiger partial charge on any atom is 0.152 e. The van der Waals surface area contributed by atoms with Gasteiger partial charge in [0.2, 0.25) is 0 Å². The number of anilines is 1. The first-order valence-corrected chi connectivity index (χ1v) is 9.02. The van der Waals surface area contributed by atoms with E-state index in [9.17, 15) is 8.42 Å². The fourth-order valence-corrected chi connectivity index (χ4v) is 4.85. The molecule has 0 radical (unpaired) electrons. The first kappa shape index (κ1) is 13.9. The van der Waals surface area contributed by atoms with E-state index in [-0.39, 0.29) is 23.7 Å². The Balaban J connectivity index is 1.96. The highest BCUT2D eigenvalue weighted by molar-refractivity contribution is 7.91. The van der Waals surface area contributed by atoms with Gasteiger partial charge in [0, 0.05) is 12.2 Å². The van der Waals surface area contributed by atoms with Crippen molar-refractivity contribution < 1.29 is 13.2 Å². The number of aromatic nitrogens is 2. The van der Waals surface area contributed by atoms with Crippen molar-refractivity contribution in [3.8, 4) is 0 Å². The Bertz CT molecular complexity index is 603. The summed E-state index contributed by atoms with van der Waals surface area (Å²) in [7, 11) is -2.94. The lowest BCUT2D eigenvalue weighted by atomic mass is 10.1. The third-order valence-electron chi connectivity index (χ3n) is 4.22. The monoisotopic (exact) mass is 299 g/mol. The zero-order chi connectivity index (χ0) is 14.3. The van der Waals surface area contributed by atoms with Crippen LogP contribution < -0.4 is 5.73 Å². The molecule has 2 aliphatic rings. The van der Waals surface area contributed by atoms with Crippen molar-refractivity contribution in [3.05, 3.63) is 11.3 Å². The summed E-state index contributed by atoms with van der Waals surface area (Å²) in [5.74, 6) is 0.987. The van der Waals surface area contributed by atoms with E-state index in [2.05, 4.69) is 5.10 Å². The van der Waals surface area contributed by atoms with E-state index in [0.717, 1.165) is 37.1 Å². The molecule has 3 heterocycles. The fourth-order valence-electron chi connectivity index (χ4n) is 3.16. The van der Waals surface area contributed by atoms with Crippen LogP contribution in [0.1, 0.15) is 49.6 Å². The van der Waals surface area contributed by atoms with Crippen LogP contribution in [0.4, 0.5) is 5.82 Å². The first-order valence-electron chi connectivity index (χ1n) is 7.20. The van der Waals surface area contributed by atoms with Crippen LogP contribution in [-0.4, -0.2) is 36.3 Å². The normalized spacial score (nSPS) is 29.1. The summed E-state index contributed by atoms with van der Waals surface area (Å²) in [6, 6.07) is -0.125. The van der Waals surface area contributed by atoms with E-state index in [0.29, 0.717) is 12.2 Å². The molecule has 6 nitrogen and oxygen atoms in total. The van der Waals surface area contributed by atoms with Crippen LogP contribution in [0.5, 0.6) is 0 Å². The van der Waals surface area contributed by atoms with Gasteiger partial charge in [-0.25, -0.2) is 13.1 Å². The fraction of sp³-hybridized carbons (Fsp3) is 0.769. The minimum Gasteiger partial charge on any atom is -0.384 e. The second-order valence-electron chi connectivity index (χ2n) is 5.61. The van der Waals surface area contributed by atoms with Crippen molar-refractivity contribution in [2.75, 3.05) is 23.8 Å². The van der Waals surface area contributed by atoms with E-state index in [1.807, 2.05) is 6.92 Å². The Hall–Kier alpha value is -1.08. The van der Waals surface area contributed by atoms with E-state index in [1.165, 1.54) is 0 Å². The highest BCUT2D eigenvalue weighted by atomic mass is 32.2. The molecule has 0 bridgehead atoms. The molecule has 0 amide bonds. The quantitative estimate of drug-likeness (QED) is 0.907. The molecule has 1 aromatic heterocycles. The van der Waals surface area contributed by atoms with Gasteiger partial charge in [-0.05, 0) is 25.7 Å². The van der Waals surface area contributed by atoms with Gasteiger partial charge in [0.1, 0.15) is 11.9 Å². The predicted molar refractivity (Wildman–Crippen MR) is 76.3 cm³/mol. The average Bonchev–Trinajstić information content (AvgIpc) is 3.08. The first-order chi connectivity index (χ1) is 9.52. The number of nitrogens with two attached hydrogens (primary N) is 1. The Morgan fingerprint density at radius 2 is 2.25 bits per heavy atom. The van der Waals surface area contributed by atoms with E-state index < -0.39 is 9.84 Å². The minimum absolute atomic E-state index is 0.0199. The maximum atomic E-state index is 11.6. The molecule has 112 valence electrons. The molecule has 2 fully saturated rings. The lowest BCUT2D eigenvalue weighted by Gasteiger charge is -2.10. The Morgan fingerprint density at radius 1 is 1.45 bits per heavy atom. The molecule has 2 atom stereocenters. The molecule has 7 heteroatoms. The van der Waals surface area contributed by atoms with Gasteiger partial charge in [0.15, 0.2) is 9.84 Å². The second kappa shape index (κ2) is 5.04. The summed E-state index contributed by atoms with van der Waals surface area (Å²) >= 11 is 0. The van der Waals surface area contributed by atoms with Crippen LogP contribution in [-0.2, 0) is 21.0 Å². The number of hydrogen-bond acceptors (Lipinski definition) is 5. The summed E-state index contributed by atoms with van der Waals surface area (Å²) in [4.78, 5) is 0. The molecule has 0 saturated carbocycles. The average molecular weight is 299 g/mol. The number of ether oxygens (including phenoxy) is 1. The highest BCUT2D eigenvalue weighted by Gasteiger charge is 2.33. The van der Waals surface area contributed by atoms with E-state index in [1.54, 1.807) is 4.68 Å². The summed E-state index contributed by atoms with van der Waals surface area (Å²) in [5.41, 5.74) is 8.12. The number of nitrogens with zero attached hydrogens (tertiary/aromatic N) is 2. The Morgan fingerprint density at radius 3 is 2.80 bits per heavy atom. The van der Waals surface area contributed by atoms with Gasteiger partial charge in [-0.3, -0.25) is 0 Å². The standard InChI is InChI=1S/C13H21N3O3S/c1-2-10-12(11-4-3-6-19-11)15-16(13(10)14)9-5-7-20(17,18)8-9/h9,11H,2-8,14H2,1H3. The van der Waals surface area contributed by atoms with Gasteiger partial charge < -0.3 is 10.5 Å². The van der Waals surface area contributed by atoms with Gasteiger partial charge >= 0.3 is 0 Å². The zero-order valence-electron chi connectivity index (χ0n) is 11.7. The van der Waals surface area contributed by atoms with Crippen LogP contribution in [0, 0.1) is 0 Å². The summed E-state index contributed by atoms with van der Waals surface area (Å²) in [6.45, 7) is 2.81. The highest BCUT2D eigenvalue weighted by Crippen LogP contribution is 2.35. The predicted octanol–water partition coefficient (Wildman–Crippen LogP) is 1.24. The molecule has 2 aliphatic heterocycles. The summed E-state index contributed by atoms with van der Waals surface area (Å²) in [5, 5.41) is 4.61. The number of sulfone groups is 1. The summed E-state index contributed by atoms with van der Waals surface area (Å²) in [6.07, 6.45) is 3.42. The maximum absolute atomic E-state index is 11.6. The lowest BCUT2D eigenvalue weighted by molar-refractivity contribution is 0.107. The van der Waals surface area contributed by atoms with Gasteiger partial charge in [-0.15, -0.1) is 0 Å². The van der Waals surface area contributed by atoms with Gasteiger partial charge in [0.25, 0.3) is 0 Å². The zero-order valence-corrected chi connectivity index (χ0v) is 12.5. The molecule has 2 unspecified atom stereocenters. The molecular formula is C13H21N3O3S. The van der Waals surface area contributed by atoms with Crippen molar-refractivity contribution in [1.82, 2.24) is 9.78 Å². The third kappa shape index (κ3) is 2.33. The molecule has 20 heavy (non-hydrogen) atoms. The Labute approximate surface area is 119 Å². The second-order valence-corrected chi connectivity index (χ2v) is 7.83. The van der Waals surface area contributed by atoms with Gasteiger partial charge in [-0.1, -0.05) is 6.92 Å². The molecule has 1 aromatic rings. The lowest BCUT2D eigenvalue weighted by Crippen LogP contribution is -2.15. The van der Waals surface area contributed by atoms with E-state index >= 15 is 0 Å². The molecular weight excluding hydrogens is 278 g/mol. The molecule has 0 aromatic carbocycles. The van der Waals surface area contributed by atoms with Crippen molar-refractivity contribution >= 4 is 15.7 Å². The molecule has 0 aliphatic carbocycles. The van der Waals surface area contributed by atoms with E-state index in [4.69, 9.17) is 10.5 Å². The van der Waals surface area contributed by atoms with Gasteiger partial charge in [-0.2, -0.15) is 5.10 Å². The number of nitrogen functional groups attached to an aromatic ring is 1. The van der Waals surface area contributed by atoms with Crippen LogP contribution >= 0.6 is 0 Å². The van der Waals surface area contributed by atoms with Crippen LogP contribution in [0.2, 0.25) is 0 Å². The summed E-state index contributed by atoms with van der Waals surface area (Å²) < 4.78 is 30.7. The minimum atomic E-state index is -2.94. The largest absolute Gasteiger partial charge is 0.384 e. The van der Waals surface area contributed by atoms with Gasteiger partial charge in [0.05, 0.1) is 23.2 Å². The van der Waals surface area contributed by atoms with Crippen molar-refractivity contribution in [2.24, 2.45) is 0 Å². The number of rotatable bonds is 3. The topological polar surface area (TPSA) is 87.2 Å². The molecule has 2 N–H and O–H groups in total. The van der Waals surface area contributed by atoms with Crippen LogP contribution in [0.3, 0.4) is 0 Å². The van der Waals surface area contributed by atoms with Crippen molar-refractivity contribution in [3.63, 3.8) is 0 Å². The van der Waals surface area contributed by atoms with Crippen molar-refractivity contribution in [2.45, 2.75) is 44.8 Å². The molecule has 0 spiro atoms. The smallest absolute Gasteiger partial charge is 0.152 e.